The molecule has 0 heterocycles. The second kappa shape index (κ2) is 3.75. The highest BCUT2D eigenvalue weighted by Crippen LogP contribution is 1.73. The molecule has 0 fully saturated rings. The first-order valence-electron chi connectivity index (χ1n) is 2.20. The molecule has 0 rings (SSSR count). The van der Waals surface area contributed by atoms with Gasteiger partial charge in [-0.3, -0.25) is 4.79 Å². The molecule has 0 bridgehead atoms. The lowest BCUT2D eigenvalue weighted by Crippen LogP contribution is -2.36. The van der Waals surface area contributed by atoms with Crippen molar-refractivity contribution in [1.82, 2.24) is 5.23 Å². The molecule has 5 heteroatoms. The van der Waals surface area contributed by atoms with Crippen molar-refractivity contribution in [1.29, 1.82) is 0 Å². The van der Waals surface area contributed by atoms with Crippen LogP contribution in [0, 0.1) is 0 Å². The topological polar surface area (TPSA) is 49.3 Å². The van der Waals surface area contributed by atoms with Crippen LogP contribution in [0.5, 0.6) is 0 Å². The molecule has 0 aliphatic carbocycles. The number of hydrogen-bond donors (Lipinski definition) is 2. The van der Waals surface area contributed by atoms with Crippen LogP contribution in [0.25, 0.3) is 0 Å². The number of amides is 1. The minimum atomic E-state index is -0.804. The Hall–Kier alpha value is -0.215. The van der Waals surface area contributed by atoms with Crippen LogP contribution in [0.15, 0.2) is 0 Å². The van der Waals surface area contributed by atoms with Crippen molar-refractivity contribution < 1.29 is 9.82 Å². The Labute approximate surface area is 53.2 Å². The molecule has 3 nitrogen and oxygen atoms in total. The zero-order chi connectivity index (χ0) is 6.57. The first-order chi connectivity index (χ1) is 3.66. The van der Waals surface area contributed by atoms with E-state index in [4.69, 9.17) is 16.6 Å². The van der Waals surface area contributed by atoms with E-state index in [1.165, 1.54) is 6.82 Å². The molecule has 0 atom stereocenters. The van der Waals surface area contributed by atoms with E-state index in [1.807, 2.05) is 0 Å². The van der Waals surface area contributed by atoms with Gasteiger partial charge in [0.1, 0.15) is 5.88 Å². The van der Waals surface area contributed by atoms with Crippen LogP contribution in [-0.2, 0) is 4.79 Å². The van der Waals surface area contributed by atoms with Gasteiger partial charge in [-0.05, 0) is 6.82 Å². The van der Waals surface area contributed by atoms with Crippen molar-refractivity contribution >= 4 is 24.6 Å². The van der Waals surface area contributed by atoms with Crippen LogP contribution in [0.3, 0.4) is 0 Å². The second-order valence-electron chi connectivity index (χ2n) is 1.38. The summed E-state index contributed by atoms with van der Waals surface area (Å²) in [5, 5.41) is 10.6. The standard InChI is InChI=1S/C3H7BClNO2/c1-4(8)6-3(7)2-5/h8H,2H2,1H3,(H,6,7). The predicted octanol–water partition coefficient (Wildman–Crippen LogP) is -0.548. The number of halogens is 1. The Kier molecular flexibility index (Phi) is 3.65. The lowest BCUT2D eigenvalue weighted by molar-refractivity contribution is -0.117. The first kappa shape index (κ1) is 7.78. The van der Waals surface area contributed by atoms with E-state index in [9.17, 15) is 4.79 Å². The smallest absolute Gasteiger partial charge is 0.409 e. The maximum Gasteiger partial charge on any atom is 0.409 e. The molecule has 0 radical (unpaired) electrons. The molecule has 0 spiro atoms. The van der Waals surface area contributed by atoms with Gasteiger partial charge in [-0.15, -0.1) is 11.6 Å². The fraction of sp³-hybridized carbons (Fsp3) is 0.667. The van der Waals surface area contributed by atoms with Crippen molar-refractivity contribution in [3.8, 4) is 0 Å². The van der Waals surface area contributed by atoms with E-state index < -0.39 is 7.05 Å². The Morgan fingerprint density at radius 1 is 2.00 bits per heavy atom. The molecule has 0 aromatic heterocycles. The predicted molar refractivity (Wildman–Crippen MR) is 32.7 cm³/mol. The number of alkyl halides is 1. The average molecular weight is 135 g/mol. The number of hydrogen-bond acceptors (Lipinski definition) is 2. The van der Waals surface area contributed by atoms with Crippen molar-refractivity contribution in [3.05, 3.63) is 0 Å². The van der Waals surface area contributed by atoms with Crippen LogP contribution >= 0.6 is 11.6 Å². The van der Waals surface area contributed by atoms with E-state index in [0.717, 1.165) is 0 Å². The zero-order valence-corrected chi connectivity index (χ0v) is 5.27. The Bertz CT molecular complexity index is 87.4. The third kappa shape index (κ3) is 3.96. The van der Waals surface area contributed by atoms with Gasteiger partial charge in [-0.2, -0.15) is 0 Å². The van der Waals surface area contributed by atoms with E-state index >= 15 is 0 Å². The van der Waals surface area contributed by atoms with Crippen LogP contribution in [0.4, 0.5) is 0 Å². The van der Waals surface area contributed by atoms with Gasteiger partial charge in [0.25, 0.3) is 0 Å². The third-order valence-electron chi connectivity index (χ3n) is 0.491. The molecule has 0 aromatic rings. The van der Waals surface area contributed by atoms with Crippen LogP contribution < -0.4 is 5.23 Å². The molecular formula is C3H7BClNO2. The number of rotatable bonds is 2. The summed E-state index contributed by atoms with van der Waals surface area (Å²) in [5.41, 5.74) is 0. The van der Waals surface area contributed by atoms with Crippen molar-refractivity contribution in [3.63, 3.8) is 0 Å². The number of carbonyl (C=O) groups is 1. The lowest BCUT2D eigenvalue weighted by Gasteiger charge is -1.98. The second-order valence-corrected chi connectivity index (χ2v) is 1.64. The fourth-order valence-electron chi connectivity index (χ4n) is 0.272. The van der Waals surface area contributed by atoms with Gasteiger partial charge in [0.15, 0.2) is 0 Å². The summed E-state index contributed by atoms with van der Waals surface area (Å²) < 4.78 is 0. The Balaban J connectivity index is 3.25. The third-order valence-corrected chi connectivity index (χ3v) is 0.734. The van der Waals surface area contributed by atoms with Crippen molar-refractivity contribution in [2.75, 3.05) is 5.88 Å². The quantitative estimate of drug-likeness (QED) is 0.394. The van der Waals surface area contributed by atoms with Gasteiger partial charge in [0.2, 0.25) is 5.91 Å². The minimum absolute atomic E-state index is 0.106. The molecular weight excluding hydrogens is 128 g/mol. The number of nitrogens with one attached hydrogen (secondary N) is 1. The maximum absolute atomic E-state index is 10.2. The first-order valence-corrected chi connectivity index (χ1v) is 2.73. The summed E-state index contributed by atoms with van der Waals surface area (Å²) in [6, 6.07) is 0. The Morgan fingerprint density at radius 3 is 2.62 bits per heavy atom. The van der Waals surface area contributed by atoms with Gasteiger partial charge in [0.05, 0.1) is 0 Å². The molecule has 2 N–H and O–H groups in total. The molecule has 46 valence electrons. The summed E-state index contributed by atoms with van der Waals surface area (Å²) in [5.74, 6) is -0.466. The highest BCUT2D eigenvalue weighted by Gasteiger charge is 2.05. The van der Waals surface area contributed by atoms with E-state index in [2.05, 4.69) is 5.23 Å². The Morgan fingerprint density at radius 2 is 2.50 bits per heavy atom. The van der Waals surface area contributed by atoms with Gasteiger partial charge in [0, 0.05) is 0 Å². The van der Waals surface area contributed by atoms with E-state index in [-0.39, 0.29) is 11.8 Å². The van der Waals surface area contributed by atoms with Crippen LogP contribution in [0.2, 0.25) is 6.82 Å². The molecule has 0 aliphatic heterocycles. The lowest BCUT2D eigenvalue weighted by atomic mass is 9.89. The average Bonchev–Trinajstić information content (AvgIpc) is 1.65. The summed E-state index contributed by atoms with van der Waals surface area (Å²) in [7, 11) is -0.804. The SMILES string of the molecule is CB(O)NC(=O)CCl. The summed E-state index contributed by atoms with van der Waals surface area (Å²) in [4.78, 5) is 10.2. The summed E-state index contributed by atoms with van der Waals surface area (Å²) in [6.45, 7) is 1.45. The van der Waals surface area contributed by atoms with Gasteiger partial charge in [-0.1, -0.05) is 0 Å². The molecule has 0 unspecified atom stereocenters. The summed E-state index contributed by atoms with van der Waals surface area (Å²) in [6.07, 6.45) is 0. The molecule has 8 heavy (non-hydrogen) atoms. The maximum atomic E-state index is 10.2. The van der Waals surface area contributed by atoms with Gasteiger partial charge >= 0.3 is 7.05 Å². The van der Waals surface area contributed by atoms with Gasteiger partial charge < -0.3 is 10.3 Å². The summed E-state index contributed by atoms with van der Waals surface area (Å²) >= 11 is 5.07. The zero-order valence-electron chi connectivity index (χ0n) is 4.52. The fourth-order valence-corrected chi connectivity index (χ4v) is 0.349. The van der Waals surface area contributed by atoms with Gasteiger partial charge in [-0.25, -0.2) is 0 Å². The largest absolute Gasteiger partial charge is 0.433 e. The van der Waals surface area contributed by atoms with Crippen LogP contribution in [-0.4, -0.2) is 23.9 Å². The molecule has 0 saturated carbocycles. The highest BCUT2D eigenvalue weighted by molar-refractivity contribution is 6.50. The molecule has 0 saturated heterocycles. The molecule has 0 aromatic carbocycles. The van der Waals surface area contributed by atoms with E-state index in [0.29, 0.717) is 0 Å². The highest BCUT2D eigenvalue weighted by atomic mass is 35.5. The van der Waals surface area contributed by atoms with E-state index in [1.54, 1.807) is 0 Å². The monoisotopic (exact) mass is 135 g/mol. The van der Waals surface area contributed by atoms with Crippen LogP contribution in [0.1, 0.15) is 0 Å². The minimum Gasteiger partial charge on any atom is -0.433 e. The molecule has 1 amide bonds. The number of carbonyl (C=O) groups excluding carboxylic acids is 1. The van der Waals surface area contributed by atoms with Crippen molar-refractivity contribution in [2.45, 2.75) is 6.82 Å². The van der Waals surface area contributed by atoms with Crippen molar-refractivity contribution in [2.24, 2.45) is 0 Å². The normalized spacial score (nSPS) is 8.38. The molecule has 0 aliphatic rings.